The molecule has 0 unspecified atom stereocenters. The highest BCUT2D eigenvalue weighted by Gasteiger charge is 2.15. The van der Waals surface area contributed by atoms with E-state index < -0.39 is 0 Å². The van der Waals surface area contributed by atoms with Crippen molar-refractivity contribution >= 4 is 5.88 Å². The molecule has 2 aromatic rings. The largest absolute Gasteiger partial charge is 0.367 e. The molecular formula is C16H22N2O. The van der Waals surface area contributed by atoms with Gasteiger partial charge in [-0.1, -0.05) is 56.6 Å². The maximum atomic E-state index is 5.91. The van der Waals surface area contributed by atoms with E-state index in [0.29, 0.717) is 11.8 Å². The predicted octanol–water partition coefficient (Wildman–Crippen LogP) is 4.39. The molecule has 1 aromatic carbocycles. The Kier molecular flexibility index (Phi) is 4.25. The van der Waals surface area contributed by atoms with Gasteiger partial charge < -0.3 is 10.3 Å². The predicted molar refractivity (Wildman–Crippen MR) is 79.1 cm³/mol. The van der Waals surface area contributed by atoms with Crippen molar-refractivity contribution in [2.24, 2.45) is 0 Å². The van der Waals surface area contributed by atoms with Gasteiger partial charge >= 0.3 is 0 Å². The Balaban J connectivity index is 2.32. The lowest BCUT2D eigenvalue weighted by molar-refractivity contribution is 0.426. The molecule has 0 aliphatic heterocycles. The van der Waals surface area contributed by atoms with Crippen molar-refractivity contribution in [2.75, 3.05) is 5.73 Å². The first-order valence-electron chi connectivity index (χ1n) is 6.97. The van der Waals surface area contributed by atoms with E-state index in [1.54, 1.807) is 0 Å². The Bertz CT molecular complexity index is 526. The topological polar surface area (TPSA) is 52.0 Å². The fourth-order valence-electron chi connectivity index (χ4n) is 2.20. The summed E-state index contributed by atoms with van der Waals surface area (Å²) in [5.41, 5.74) is 10.3. The van der Waals surface area contributed by atoms with Crippen molar-refractivity contribution in [3.8, 4) is 11.1 Å². The van der Waals surface area contributed by atoms with Crippen molar-refractivity contribution in [3.05, 3.63) is 35.5 Å². The molecule has 19 heavy (non-hydrogen) atoms. The fraction of sp³-hybridized carbons (Fsp3) is 0.438. The fourth-order valence-corrected chi connectivity index (χ4v) is 2.20. The highest BCUT2D eigenvalue weighted by molar-refractivity contribution is 5.75. The number of nitrogens with two attached hydrogens (primary N) is 1. The van der Waals surface area contributed by atoms with Gasteiger partial charge in [-0.3, -0.25) is 0 Å². The van der Waals surface area contributed by atoms with Gasteiger partial charge in [0, 0.05) is 0 Å². The lowest BCUT2D eigenvalue weighted by Crippen LogP contribution is -1.92. The molecule has 0 saturated carbocycles. The summed E-state index contributed by atoms with van der Waals surface area (Å²) in [4.78, 5) is 0. The Morgan fingerprint density at radius 1 is 1.21 bits per heavy atom. The number of nitrogen functional groups attached to an aromatic ring is 1. The third kappa shape index (κ3) is 2.98. The smallest absolute Gasteiger partial charge is 0.230 e. The molecule has 0 spiro atoms. The molecule has 0 aliphatic rings. The number of unbranched alkanes of at least 4 members (excludes halogenated alkanes) is 1. The summed E-state index contributed by atoms with van der Waals surface area (Å²) in [6.45, 7) is 6.55. The monoisotopic (exact) mass is 258 g/mol. The minimum Gasteiger partial charge on any atom is -0.367 e. The quantitative estimate of drug-likeness (QED) is 0.865. The second-order valence-electron chi connectivity index (χ2n) is 5.25. The first kappa shape index (κ1) is 13.7. The van der Waals surface area contributed by atoms with Crippen LogP contribution in [0.25, 0.3) is 11.1 Å². The average Bonchev–Trinajstić information content (AvgIpc) is 2.77. The Morgan fingerprint density at radius 3 is 2.47 bits per heavy atom. The van der Waals surface area contributed by atoms with Gasteiger partial charge in [-0.2, -0.15) is 0 Å². The van der Waals surface area contributed by atoms with Gasteiger partial charge in [-0.15, -0.1) is 0 Å². The Labute approximate surface area is 114 Å². The minimum atomic E-state index is 0.420. The maximum absolute atomic E-state index is 5.91. The SMILES string of the molecule is CCCCc1noc(N)c1-c1ccc(C(C)C)cc1. The van der Waals surface area contributed by atoms with Crippen LogP contribution in [0.5, 0.6) is 0 Å². The number of benzene rings is 1. The van der Waals surface area contributed by atoms with Crippen LogP contribution in [-0.4, -0.2) is 5.16 Å². The number of rotatable bonds is 5. The summed E-state index contributed by atoms with van der Waals surface area (Å²) in [5, 5.41) is 4.09. The van der Waals surface area contributed by atoms with E-state index in [4.69, 9.17) is 10.3 Å². The van der Waals surface area contributed by atoms with Gasteiger partial charge in [0.1, 0.15) is 0 Å². The minimum absolute atomic E-state index is 0.420. The molecule has 2 rings (SSSR count). The number of aryl methyl sites for hydroxylation is 1. The third-order valence-corrected chi connectivity index (χ3v) is 3.42. The standard InChI is InChI=1S/C16H22N2O/c1-4-5-6-14-15(16(17)19-18-14)13-9-7-12(8-10-13)11(2)3/h7-11H,4-6,17H2,1-3H3. The summed E-state index contributed by atoms with van der Waals surface area (Å²) in [5.74, 6) is 0.955. The van der Waals surface area contributed by atoms with E-state index in [-0.39, 0.29) is 0 Å². The van der Waals surface area contributed by atoms with Gasteiger partial charge in [0.15, 0.2) is 0 Å². The molecule has 1 heterocycles. The van der Waals surface area contributed by atoms with E-state index in [0.717, 1.165) is 36.1 Å². The maximum Gasteiger partial charge on any atom is 0.230 e. The first-order valence-corrected chi connectivity index (χ1v) is 6.97. The average molecular weight is 258 g/mol. The number of nitrogens with zero attached hydrogens (tertiary/aromatic N) is 1. The lowest BCUT2D eigenvalue weighted by Gasteiger charge is -2.07. The molecule has 3 nitrogen and oxygen atoms in total. The second-order valence-corrected chi connectivity index (χ2v) is 5.25. The van der Waals surface area contributed by atoms with Gasteiger partial charge in [-0.05, 0) is 29.9 Å². The third-order valence-electron chi connectivity index (χ3n) is 3.42. The van der Waals surface area contributed by atoms with Crippen molar-refractivity contribution in [1.82, 2.24) is 5.16 Å². The molecule has 0 aliphatic carbocycles. The van der Waals surface area contributed by atoms with E-state index in [9.17, 15) is 0 Å². The Hall–Kier alpha value is -1.77. The van der Waals surface area contributed by atoms with Crippen LogP contribution in [-0.2, 0) is 6.42 Å². The summed E-state index contributed by atoms with van der Waals surface area (Å²) >= 11 is 0. The highest BCUT2D eigenvalue weighted by Crippen LogP contribution is 2.31. The second kappa shape index (κ2) is 5.91. The van der Waals surface area contributed by atoms with Crippen LogP contribution in [0, 0.1) is 0 Å². The number of aromatic nitrogens is 1. The van der Waals surface area contributed by atoms with Crippen LogP contribution in [0.1, 0.15) is 50.8 Å². The molecule has 102 valence electrons. The molecule has 0 atom stereocenters. The van der Waals surface area contributed by atoms with Crippen molar-refractivity contribution < 1.29 is 4.52 Å². The van der Waals surface area contributed by atoms with Crippen LogP contribution in [0.4, 0.5) is 5.88 Å². The zero-order valence-corrected chi connectivity index (χ0v) is 11.9. The first-order chi connectivity index (χ1) is 9.13. The molecule has 0 radical (unpaired) electrons. The lowest BCUT2D eigenvalue weighted by atomic mass is 9.97. The molecule has 0 bridgehead atoms. The van der Waals surface area contributed by atoms with Gasteiger partial charge in [0.05, 0.1) is 11.3 Å². The number of hydrogen-bond donors (Lipinski definition) is 1. The van der Waals surface area contributed by atoms with Crippen molar-refractivity contribution in [3.63, 3.8) is 0 Å². The molecule has 0 amide bonds. The normalized spacial score (nSPS) is 11.2. The van der Waals surface area contributed by atoms with Crippen molar-refractivity contribution in [2.45, 2.75) is 46.0 Å². The summed E-state index contributed by atoms with van der Waals surface area (Å²) in [6.07, 6.45) is 3.15. The number of hydrogen-bond acceptors (Lipinski definition) is 3. The molecular weight excluding hydrogens is 236 g/mol. The number of anilines is 1. The summed E-state index contributed by atoms with van der Waals surface area (Å²) < 4.78 is 5.15. The molecule has 2 N–H and O–H groups in total. The van der Waals surface area contributed by atoms with Gasteiger partial charge in [0.25, 0.3) is 0 Å². The summed E-state index contributed by atoms with van der Waals surface area (Å²) in [6, 6.07) is 8.51. The molecule has 3 heteroatoms. The Morgan fingerprint density at radius 2 is 1.89 bits per heavy atom. The van der Waals surface area contributed by atoms with Crippen LogP contribution < -0.4 is 5.73 Å². The molecule has 1 aromatic heterocycles. The zero-order chi connectivity index (χ0) is 13.8. The zero-order valence-electron chi connectivity index (χ0n) is 11.9. The van der Waals surface area contributed by atoms with Crippen LogP contribution in [0.2, 0.25) is 0 Å². The van der Waals surface area contributed by atoms with E-state index in [2.05, 4.69) is 50.2 Å². The molecule has 0 fully saturated rings. The summed E-state index contributed by atoms with van der Waals surface area (Å²) in [7, 11) is 0. The van der Waals surface area contributed by atoms with E-state index in [1.165, 1.54) is 5.56 Å². The van der Waals surface area contributed by atoms with Crippen LogP contribution in [0.3, 0.4) is 0 Å². The van der Waals surface area contributed by atoms with Crippen molar-refractivity contribution in [1.29, 1.82) is 0 Å². The van der Waals surface area contributed by atoms with E-state index in [1.807, 2.05) is 0 Å². The highest BCUT2D eigenvalue weighted by atomic mass is 16.5. The van der Waals surface area contributed by atoms with Gasteiger partial charge in [0.2, 0.25) is 5.88 Å². The van der Waals surface area contributed by atoms with E-state index >= 15 is 0 Å². The van der Waals surface area contributed by atoms with Crippen LogP contribution in [0.15, 0.2) is 28.8 Å². The van der Waals surface area contributed by atoms with Gasteiger partial charge in [-0.25, -0.2) is 0 Å². The molecule has 0 saturated heterocycles. The van der Waals surface area contributed by atoms with Crippen LogP contribution >= 0.6 is 0 Å².